The lowest BCUT2D eigenvalue weighted by Gasteiger charge is -2.31. The van der Waals surface area contributed by atoms with Gasteiger partial charge in [0.15, 0.2) is 0 Å². The Labute approximate surface area is 151 Å². The van der Waals surface area contributed by atoms with Crippen molar-refractivity contribution in [3.63, 3.8) is 0 Å². The van der Waals surface area contributed by atoms with E-state index in [-0.39, 0.29) is 5.92 Å². The lowest BCUT2D eigenvalue weighted by Crippen LogP contribution is -2.35. The summed E-state index contributed by atoms with van der Waals surface area (Å²) in [4.78, 5) is 7.85. The SMILES string of the molecule is Cn1nnc2c1C(COCc1ccncc1)CN(Cc1cccs1)C2. The second kappa shape index (κ2) is 7.43. The van der Waals surface area contributed by atoms with Gasteiger partial charge in [0.05, 0.1) is 18.9 Å². The quantitative estimate of drug-likeness (QED) is 0.680. The largest absolute Gasteiger partial charge is 0.376 e. The van der Waals surface area contributed by atoms with Gasteiger partial charge in [-0.05, 0) is 29.1 Å². The maximum absolute atomic E-state index is 6.00. The highest BCUT2D eigenvalue weighted by Crippen LogP contribution is 2.28. The Bertz CT molecular complexity index is 802. The van der Waals surface area contributed by atoms with Crippen molar-refractivity contribution in [2.45, 2.75) is 25.6 Å². The first-order chi connectivity index (χ1) is 12.3. The van der Waals surface area contributed by atoms with E-state index in [0.717, 1.165) is 30.9 Å². The average molecular weight is 355 g/mol. The number of hydrogen-bond acceptors (Lipinski definition) is 6. The van der Waals surface area contributed by atoms with Crippen LogP contribution in [0.1, 0.15) is 27.7 Å². The predicted octanol–water partition coefficient (Wildman–Crippen LogP) is 2.59. The number of aromatic nitrogens is 4. The van der Waals surface area contributed by atoms with Crippen LogP contribution in [0.4, 0.5) is 0 Å². The number of nitrogens with zero attached hydrogens (tertiary/aromatic N) is 5. The van der Waals surface area contributed by atoms with Crippen molar-refractivity contribution >= 4 is 11.3 Å². The molecule has 3 aromatic heterocycles. The minimum Gasteiger partial charge on any atom is -0.376 e. The zero-order valence-electron chi connectivity index (χ0n) is 14.2. The summed E-state index contributed by atoms with van der Waals surface area (Å²) in [6.45, 7) is 4.03. The van der Waals surface area contributed by atoms with Gasteiger partial charge in [-0.3, -0.25) is 14.6 Å². The Morgan fingerprint density at radius 3 is 2.96 bits per heavy atom. The molecule has 3 aromatic rings. The monoisotopic (exact) mass is 355 g/mol. The molecule has 1 aliphatic rings. The molecule has 0 saturated heterocycles. The van der Waals surface area contributed by atoms with Crippen LogP contribution in [0.3, 0.4) is 0 Å². The number of fused-ring (bicyclic) bond motifs is 1. The zero-order chi connectivity index (χ0) is 17.1. The van der Waals surface area contributed by atoms with Gasteiger partial charge in [0.25, 0.3) is 0 Å². The lowest BCUT2D eigenvalue weighted by molar-refractivity contribution is 0.0831. The predicted molar refractivity (Wildman–Crippen MR) is 96.1 cm³/mol. The first-order valence-electron chi connectivity index (χ1n) is 8.39. The highest BCUT2D eigenvalue weighted by molar-refractivity contribution is 7.09. The molecule has 7 heteroatoms. The Kier molecular flexibility index (Phi) is 4.87. The van der Waals surface area contributed by atoms with E-state index in [1.165, 1.54) is 10.6 Å². The molecule has 4 heterocycles. The Balaban J connectivity index is 1.44. The average Bonchev–Trinajstić information content (AvgIpc) is 3.26. The van der Waals surface area contributed by atoms with Crippen molar-refractivity contribution in [2.24, 2.45) is 7.05 Å². The van der Waals surface area contributed by atoms with Crippen LogP contribution >= 0.6 is 11.3 Å². The zero-order valence-corrected chi connectivity index (χ0v) is 15.0. The van der Waals surface area contributed by atoms with Crippen molar-refractivity contribution in [3.8, 4) is 0 Å². The third-order valence-corrected chi connectivity index (χ3v) is 5.34. The Morgan fingerprint density at radius 2 is 2.16 bits per heavy atom. The Hall–Kier alpha value is -2.09. The second-order valence-corrected chi connectivity index (χ2v) is 7.39. The van der Waals surface area contributed by atoms with Crippen molar-refractivity contribution < 1.29 is 4.74 Å². The molecule has 0 spiro atoms. The molecule has 1 atom stereocenters. The number of rotatable bonds is 6. The third-order valence-electron chi connectivity index (χ3n) is 4.48. The van der Waals surface area contributed by atoms with E-state index in [1.54, 1.807) is 23.7 Å². The van der Waals surface area contributed by atoms with Gasteiger partial charge in [-0.15, -0.1) is 16.4 Å². The molecule has 0 bridgehead atoms. The van der Waals surface area contributed by atoms with Crippen LogP contribution < -0.4 is 0 Å². The molecule has 0 N–H and O–H groups in total. The minimum atomic E-state index is 0.283. The van der Waals surface area contributed by atoms with E-state index in [4.69, 9.17) is 4.74 Å². The van der Waals surface area contributed by atoms with E-state index in [9.17, 15) is 0 Å². The molecule has 0 radical (unpaired) electrons. The van der Waals surface area contributed by atoms with Gasteiger partial charge >= 0.3 is 0 Å². The normalized spacial score (nSPS) is 17.6. The standard InChI is InChI=1S/C18H21N5OS/c1-22-18-15(13-24-12-14-4-6-19-7-5-14)9-23(11-17(18)20-21-22)10-16-3-2-8-25-16/h2-8,15H,9-13H2,1H3. The third kappa shape index (κ3) is 3.78. The van der Waals surface area contributed by atoms with Gasteiger partial charge in [0.2, 0.25) is 0 Å². The highest BCUT2D eigenvalue weighted by atomic mass is 32.1. The van der Waals surface area contributed by atoms with E-state index < -0.39 is 0 Å². The molecule has 1 aliphatic heterocycles. The van der Waals surface area contributed by atoms with E-state index in [0.29, 0.717) is 13.2 Å². The second-order valence-electron chi connectivity index (χ2n) is 6.36. The molecular formula is C18H21N5OS. The van der Waals surface area contributed by atoms with Crippen LogP contribution in [-0.2, 0) is 31.5 Å². The van der Waals surface area contributed by atoms with Crippen LogP contribution in [0.5, 0.6) is 0 Å². The van der Waals surface area contributed by atoms with Crippen molar-refractivity contribution in [2.75, 3.05) is 13.2 Å². The van der Waals surface area contributed by atoms with E-state index >= 15 is 0 Å². The molecule has 4 rings (SSSR count). The molecular weight excluding hydrogens is 334 g/mol. The molecule has 1 unspecified atom stereocenters. The van der Waals surface area contributed by atoms with Crippen LogP contribution in [0, 0.1) is 0 Å². The molecule has 25 heavy (non-hydrogen) atoms. The van der Waals surface area contributed by atoms with Gasteiger partial charge in [-0.2, -0.15) is 0 Å². The lowest BCUT2D eigenvalue weighted by atomic mass is 9.99. The summed E-state index contributed by atoms with van der Waals surface area (Å²) >= 11 is 1.80. The first kappa shape index (κ1) is 16.4. The Morgan fingerprint density at radius 1 is 1.28 bits per heavy atom. The summed E-state index contributed by atoms with van der Waals surface area (Å²) in [6.07, 6.45) is 3.59. The van der Waals surface area contributed by atoms with Gasteiger partial charge < -0.3 is 4.74 Å². The van der Waals surface area contributed by atoms with E-state index in [2.05, 4.69) is 37.7 Å². The number of pyridine rings is 1. The fourth-order valence-electron chi connectivity index (χ4n) is 3.37. The van der Waals surface area contributed by atoms with Gasteiger partial charge in [0, 0.05) is 49.9 Å². The maximum Gasteiger partial charge on any atom is 0.100 e. The number of aryl methyl sites for hydroxylation is 1. The summed E-state index contributed by atoms with van der Waals surface area (Å²) < 4.78 is 7.90. The topological polar surface area (TPSA) is 56.1 Å². The van der Waals surface area contributed by atoms with Gasteiger partial charge in [-0.1, -0.05) is 11.3 Å². The summed E-state index contributed by atoms with van der Waals surface area (Å²) in [7, 11) is 1.97. The highest BCUT2D eigenvalue weighted by Gasteiger charge is 2.30. The van der Waals surface area contributed by atoms with Gasteiger partial charge in [-0.25, -0.2) is 0 Å². The summed E-state index contributed by atoms with van der Waals surface area (Å²) in [5, 5.41) is 10.7. The molecule has 6 nitrogen and oxygen atoms in total. The maximum atomic E-state index is 6.00. The van der Waals surface area contributed by atoms with Crippen molar-refractivity contribution in [1.82, 2.24) is 24.9 Å². The number of thiophene rings is 1. The van der Waals surface area contributed by atoms with Crippen molar-refractivity contribution in [1.29, 1.82) is 0 Å². The summed E-state index contributed by atoms with van der Waals surface area (Å²) in [5.41, 5.74) is 3.42. The summed E-state index contributed by atoms with van der Waals surface area (Å²) in [5.74, 6) is 0.283. The fraction of sp³-hybridized carbons (Fsp3) is 0.389. The van der Waals surface area contributed by atoms with Crippen LogP contribution in [0.15, 0.2) is 42.0 Å². The molecule has 130 valence electrons. The van der Waals surface area contributed by atoms with Crippen LogP contribution in [0.25, 0.3) is 0 Å². The van der Waals surface area contributed by atoms with E-state index in [1.807, 2.05) is 23.9 Å². The minimum absolute atomic E-state index is 0.283. The molecule has 0 fully saturated rings. The van der Waals surface area contributed by atoms with Crippen molar-refractivity contribution in [3.05, 3.63) is 63.9 Å². The summed E-state index contributed by atoms with van der Waals surface area (Å²) in [6, 6.07) is 8.26. The first-order valence-corrected chi connectivity index (χ1v) is 9.27. The number of hydrogen-bond donors (Lipinski definition) is 0. The smallest absolute Gasteiger partial charge is 0.100 e. The molecule has 0 aliphatic carbocycles. The van der Waals surface area contributed by atoms with Crippen LogP contribution in [-0.4, -0.2) is 38.0 Å². The molecule has 0 aromatic carbocycles. The van der Waals surface area contributed by atoms with Crippen LogP contribution in [0.2, 0.25) is 0 Å². The molecule has 0 saturated carbocycles. The number of ether oxygens (including phenoxy) is 1. The fourth-order valence-corrected chi connectivity index (χ4v) is 4.11. The molecule has 0 amide bonds. The van der Waals surface area contributed by atoms with Gasteiger partial charge in [0.1, 0.15) is 5.69 Å².